The van der Waals surface area contributed by atoms with E-state index < -0.39 is 17.7 Å². The van der Waals surface area contributed by atoms with Crippen LogP contribution in [0.4, 0.5) is 4.79 Å². The lowest BCUT2D eigenvalue weighted by atomic mass is 10.0. The number of fused-ring (bicyclic) bond motifs is 1. The molecule has 1 amide bonds. The lowest BCUT2D eigenvalue weighted by Crippen LogP contribution is -2.32. The number of nitrogens with zero attached hydrogens (tertiary/aromatic N) is 2. The summed E-state index contributed by atoms with van der Waals surface area (Å²) >= 11 is 0. The minimum absolute atomic E-state index is 0.239. The maximum atomic E-state index is 12.3. The third-order valence-electron chi connectivity index (χ3n) is 4.16. The van der Waals surface area contributed by atoms with Crippen molar-refractivity contribution in [2.75, 3.05) is 6.61 Å². The number of rotatable bonds is 5. The summed E-state index contributed by atoms with van der Waals surface area (Å²) in [6.07, 6.45) is 2.91. The Hall–Kier alpha value is -3.48. The molecule has 1 aromatic carbocycles. The molecule has 0 atom stereocenters. The van der Waals surface area contributed by atoms with Crippen molar-refractivity contribution in [3.63, 3.8) is 0 Å². The van der Waals surface area contributed by atoms with Gasteiger partial charge >= 0.3 is 12.1 Å². The molecule has 0 saturated heterocycles. The molecule has 0 radical (unpaired) electrons. The van der Waals surface area contributed by atoms with Gasteiger partial charge in [0.15, 0.2) is 0 Å². The Bertz CT molecular complexity index is 1070. The van der Waals surface area contributed by atoms with Crippen LogP contribution in [-0.4, -0.2) is 34.2 Å². The van der Waals surface area contributed by atoms with Gasteiger partial charge in [-0.3, -0.25) is 4.98 Å². The van der Waals surface area contributed by atoms with E-state index in [-0.39, 0.29) is 12.3 Å². The standard InChI is InChI=1S/C23H25N3O4/c1-5-29-21(27)19-12-16-9-10-24-14-18(16)20(26-19)17-8-6-7-15(11-17)13-25-22(28)30-23(2,3)4/h6-12,14H,5,13H2,1-4H3,(H,25,28). The molecule has 156 valence electrons. The van der Waals surface area contributed by atoms with Gasteiger partial charge in [-0.05, 0) is 56.8 Å². The third kappa shape index (κ3) is 5.31. The minimum Gasteiger partial charge on any atom is -0.461 e. The highest BCUT2D eigenvalue weighted by Gasteiger charge is 2.17. The van der Waals surface area contributed by atoms with Crippen molar-refractivity contribution in [2.24, 2.45) is 0 Å². The van der Waals surface area contributed by atoms with Gasteiger partial charge in [0.2, 0.25) is 0 Å². The van der Waals surface area contributed by atoms with Crippen LogP contribution in [0.3, 0.4) is 0 Å². The molecule has 7 heteroatoms. The van der Waals surface area contributed by atoms with Gasteiger partial charge in [-0.1, -0.05) is 18.2 Å². The number of pyridine rings is 2. The summed E-state index contributed by atoms with van der Waals surface area (Å²) in [5, 5.41) is 4.41. The third-order valence-corrected chi connectivity index (χ3v) is 4.16. The molecule has 7 nitrogen and oxygen atoms in total. The van der Waals surface area contributed by atoms with E-state index in [0.717, 1.165) is 21.9 Å². The molecular formula is C23H25N3O4. The molecule has 0 spiro atoms. The van der Waals surface area contributed by atoms with Crippen molar-refractivity contribution in [3.05, 3.63) is 60.0 Å². The van der Waals surface area contributed by atoms with Crippen molar-refractivity contribution >= 4 is 22.8 Å². The number of carbonyl (C=O) groups is 2. The van der Waals surface area contributed by atoms with Crippen molar-refractivity contribution < 1.29 is 19.1 Å². The number of nitrogens with one attached hydrogen (secondary N) is 1. The number of hydrogen-bond acceptors (Lipinski definition) is 6. The molecule has 0 aliphatic carbocycles. The van der Waals surface area contributed by atoms with Gasteiger partial charge in [0.1, 0.15) is 11.3 Å². The first-order chi connectivity index (χ1) is 14.3. The molecule has 30 heavy (non-hydrogen) atoms. The van der Waals surface area contributed by atoms with Gasteiger partial charge in [-0.15, -0.1) is 0 Å². The number of ether oxygens (including phenoxy) is 2. The van der Waals surface area contributed by atoms with E-state index in [9.17, 15) is 9.59 Å². The fourth-order valence-corrected chi connectivity index (χ4v) is 2.94. The molecule has 0 bridgehead atoms. The zero-order valence-corrected chi connectivity index (χ0v) is 17.6. The fraction of sp³-hybridized carbons (Fsp3) is 0.304. The molecule has 2 heterocycles. The average Bonchev–Trinajstić information content (AvgIpc) is 2.70. The minimum atomic E-state index is -0.560. The number of benzene rings is 1. The molecule has 2 aromatic heterocycles. The van der Waals surface area contributed by atoms with Gasteiger partial charge in [0.05, 0.1) is 12.3 Å². The number of carbonyl (C=O) groups excluding carboxylic acids is 2. The smallest absolute Gasteiger partial charge is 0.407 e. The Balaban J connectivity index is 1.93. The monoisotopic (exact) mass is 407 g/mol. The molecule has 0 unspecified atom stereocenters. The molecule has 1 N–H and O–H groups in total. The summed E-state index contributed by atoms with van der Waals surface area (Å²) in [5.41, 5.74) is 1.99. The van der Waals surface area contributed by atoms with Crippen LogP contribution < -0.4 is 5.32 Å². The predicted molar refractivity (Wildman–Crippen MR) is 114 cm³/mol. The van der Waals surface area contributed by atoms with Gasteiger partial charge in [-0.25, -0.2) is 14.6 Å². The molecular weight excluding hydrogens is 382 g/mol. The van der Waals surface area contributed by atoms with Crippen LogP contribution in [-0.2, 0) is 16.0 Å². The maximum absolute atomic E-state index is 12.3. The topological polar surface area (TPSA) is 90.4 Å². The second-order valence-electron chi connectivity index (χ2n) is 7.73. The fourth-order valence-electron chi connectivity index (χ4n) is 2.94. The Kier molecular flexibility index (Phi) is 6.30. The van der Waals surface area contributed by atoms with Crippen LogP contribution in [0.25, 0.3) is 22.0 Å². The Morgan fingerprint density at radius 1 is 1.13 bits per heavy atom. The number of esters is 1. The van der Waals surface area contributed by atoms with Crippen molar-refractivity contribution in [3.8, 4) is 11.3 Å². The zero-order valence-electron chi connectivity index (χ0n) is 17.6. The first kappa shape index (κ1) is 21.2. The molecule has 3 aromatic rings. The van der Waals surface area contributed by atoms with E-state index in [1.165, 1.54) is 0 Å². The van der Waals surface area contributed by atoms with Crippen LogP contribution in [0.15, 0.2) is 48.8 Å². The highest BCUT2D eigenvalue weighted by Crippen LogP contribution is 2.28. The Morgan fingerprint density at radius 3 is 2.67 bits per heavy atom. The SMILES string of the molecule is CCOC(=O)c1cc2ccncc2c(-c2cccc(CNC(=O)OC(C)(C)C)c2)n1. The van der Waals surface area contributed by atoms with Gasteiger partial charge in [-0.2, -0.15) is 0 Å². The highest BCUT2D eigenvalue weighted by molar-refractivity contribution is 5.99. The maximum Gasteiger partial charge on any atom is 0.407 e. The molecule has 0 fully saturated rings. The van der Waals surface area contributed by atoms with E-state index in [2.05, 4.69) is 15.3 Å². The van der Waals surface area contributed by atoms with Crippen molar-refractivity contribution in [2.45, 2.75) is 39.8 Å². The molecule has 0 aliphatic rings. The number of aromatic nitrogens is 2. The normalized spacial score (nSPS) is 11.2. The Morgan fingerprint density at radius 2 is 1.93 bits per heavy atom. The molecule has 3 rings (SSSR count). The largest absolute Gasteiger partial charge is 0.461 e. The van der Waals surface area contributed by atoms with Gasteiger partial charge < -0.3 is 14.8 Å². The average molecular weight is 407 g/mol. The quantitative estimate of drug-likeness (QED) is 0.627. The first-order valence-corrected chi connectivity index (χ1v) is 9.75. The van der Waals surface area contributed by atoms with Gasteiger partial charge in [0.25, 0.3) is 0 Å². The summed E-state index contributed by atoms with van der Waals surface area (Å²) in [7, 11) is 0. The summed E-state index contributed by atoms with van der Waals surface area (Å²) in [5.74, 6) is -0.472. The van der Waals surface area contributed by atoms with Crippen molar-refractivity contribution in [1.82, 2.24) is 15.3 Å². The van der Waals surface area contributed by atoms with E-state index >= 15 is 0 Å². The van der Waals surface area contributed by atoms with E-state index in [1.807, 2.05) is 51.1 Å². The van der Waals surface area contributed by atoms with E-state index in [4.69, 9.17) is 9.47 Å². The number of alkyl carbamates (subject to hydrolysis) is 1. The van der Waals surface area contributed by atoms with E-state index in [0.29, 0.717) is 12.2 Å². The lowest BCUT2D eigenvalue weighted by Gasteiger charge is -2.19. The van der Waals surface area contributed by atoms with Crippen LogP contribution in [0.5, 0.6) is 0 Å². The highest BCUT2D eigenvalue weighted by atomic mass is 16.6. The molecule has 0 saturated carbocycles. The van der Waals surface area contributed by atoms with Crippen LogP contribution in [0.2, 0.25) is 0 Å². The van der Waals surface area contributed by atoms with Crippen LogP contribution in [0, 0.1) is 0 Å². The zero-order chi connectivity index (χ0) is 21.7. The second kappa shape index (κ2) is 8.90. The summed E-state index contributed by atoms with van der Waals surface area (Å²) in [6, 6.07) is 11.1. The number of amides is 1. The lowest BCUT2D eigenvalue weighted by molar-refractivity contribution is 0.0511. The van der Waals surface area contributed by atoms with Crippen molar-refractivity contribution in [1.29, 1.82) is 0 Å². The van der Waals surface area contributed by atoms with E-state index in [1.54, 1.807) is 25.4 Å². The Labute approximate surface area is 175 Å². The second-order valence-corrected chi connectivity index (χ2v) is 7.73. The summed E-state index contributed by atoms with van der Waals surface area (Å²) in [6.45, 7) is 7.77. The molecule has 0 aliphatic heterocycles. The predicted octanol–water partition coefficient (Wildman–Crippen LogP) is 4.50. The van der Waals surface area contributed by atoms with Crippen LogP contribution >= 0.6 is 0 Å². The first-order valence-electron chi connectivity index (χ1n) is 9.75. The summed E-state index contributed by atoms with van der Waals surface area (Å²) in [4.78, 5) is 33.0. The van der Waals surface area contributed by atoms with Crippen LogP contribution in [0.1, 0.15) is 43.7 Å². The van der Waals surface area contributed by atoms with Gasteiger partial charge in [0, 0.05) is 29.9 Å². The summed E-state index contributed by atoms with van der Waals surface area (Å²) < 4.78 is 10.4. The number of hydrogen-bond donors (Lipinski definition) is 1.